The largest absolute Gasteiger partial charge is 0.469 e. The minimum atomic E-state index is -0.138. The highest BCUT2D eigenvalue weighted by Crippen LogP contribution is 2.36. The Morgan fingerprint density at radius 2 is 2.11 bits per heavy atom. The zero-order valence-corrected chi connectivity index (χ0v) is 11.4. The average Bonchev–Trinajstić information content (AvgIpc) is 2.46. The van der Waals surface area contributed by atoms with Gasteiger partial charge in [0.05, 0.1) is 13.0 Å². The molecule has 96 valence electrons. The molecule has 0 fully saturated rings. The summed E-state index contributed by atoms with van der Waals surface area (Å²) >= 11 is 4.68. The molecule has 3 heteroatoms. The molecular formula is C15H18O2S. The third-order valence-corrected chi connectivity index (χ3v) is 4.00. The van der Waals surface area contributed by atoms with E-state index in [9.17, 15) is 4.79 Å². The van der Waals surface area contributed by atoms with E-state index in [2.05, 4.69) is 24.8 Å². The van der Waals surface area contributed by atoms with E-state index in [1.54, 1.807) is 0 Å². The Morgan fingerprint density at radius 3 is 2.78 bits per heavy atom. The first-order valence-corrected chi connectivity index (χ1v) is 6.75. The minimum Gasteiger partial charge on any atom is -0.469 e. The zero-order chi connectivity index (χ0) is 13.0. The minimum absolute atomic E-state index is 0.0821. The van der Waals surface area contributed by atoms with Crippen LogP contribution in [0.3, 0.4) is 0 Å². The monoisotopic (exact) mass is 262 g/mol. The molecule has 0 amide bonds. The van der Waals surface area contributed by atoms with Crippen LogP contribution in [0.15, 0.2) is 42.0 Å². The molecule has 0 bridgehead atoms. The van der Waals surface area contributed by atoms with Gasteiger partial charge in [0.25, 0.3) is 0 Å². The van der Waals surface area contributed by atoms with Crippen LogP contribution in [0.1, 0.15) is 30.1 Å². The van der Waals surface area contributed by atoms with Crippen molar-refractivity contribution in [2.75, 3.05) is 7.11 Å². The second-order valence-corrected chi connectivity index (χ2v) is 5.09. The van der Waals surface area contributed by atoms with Gasteiger partial charge >= 0.3 is 5.97 Å². The molecule has 2 rings (SSSR count). The van der Waals surface area contributed by atoms with Crippen LogP contribution in [0.4, 0.5) is 0 Å². The number of hydrogen-bond acceptors (Lipinski definition) is 3. The molecule has 0 saturated carbocycles. The number of ether oxygens (including phenoxy) is 1. The average molecular weight is 262 g/mol. The first-order valence-electron chi connectivity index (χ1n) is 6.24. The van der Waals surface area contributed by atoms with Gasteiger partial charge in [-0.15, -0.1) is 0 Å². The third kappa shape index (κ3) is 2.96. The quantitative estimate of drug-likeness (QED) is 0.512. The zero-order valence-electron chi connectivity index (χ0n) is 10.5. The molecule has 0 saturated heterocycles. The SMILES string of the molecule is COC(=O)C1C=C(C(S)c2ccccc2)CCC1. The van der Waals surface area contributed by atoms with Gasteiger partial charge in [-0.2, -0.15) is 12.6 Å². The molecule has 0 N–H and O–H groups in total. The van der Waals surface area contributed by atoms with E-state index in [-0.39, 0.29) is 17.1 Å². The molecule has 18 heavy (non-hydrogen) atoms. The van der Waals surface area contributed by atoms with Crippen LogP contribution in [-0.2, 0) is 9.53 Å². The number of hydrogen-bond donors (Lipinski definition) is 1. The lowest BCUT2D eigenvalue weighted by Crippen LogP contribution is -2.18. The Hall–Kier alpha value is -1.22. The van der Waals surface area contributed by atoms with Crippen LogP contribution in [0, 0.1) is 5.92 Å². The van der Waals surface area contributed by atoms with Gasteiger partial charge in [-0.1, -0.05) is 42.0 Å². The van der Waals surface area contributed by atoms with Crippen LogP contribution in [0.25, 0.3) is 0 Å². The van der Waals surface area contributed by atoms with Crippen molar-refractivity contribution in [2.24, 2.45) is 5.92 Å². The van der Waals surface area contributed by atoms with Crippen molar-refractivity contribution < 1.29 is 9.53 Å². The summed E-state index contributed by atoms with van der Waals surface area (Å²) in [6, 6.07) is 10.2. The van der Waals surface area contributed by atoms with Gasteiger partial charge in [-0.3, -0.25) is 4.79 Å². The molecule has 2 unspecified atom stereocenters. The van der Waals surface area contributed by atoms with E-state index >= 15 is 0 Å². The van der Waals surface area contributed by atoms with Gasteiger partial charge in [0.1, 0.15) is 0 Å². The fourth-order valence-electron chi connectivity index (χ4n) is 2.37. The number of methoxy groups -OCH3 is 1. The number of rotatable bonds is 3. The summed E-state index contributed by atoms with van der Waals surface area (Å²) in [6.45, 7) is 0. The van der Waals surface area contributed by atoms with E-state index in [1.165, 1.54) is 18.2 Å². The van der Waals surface area contributed by atoms with Crippen molar-refractivity contribution in [2.45, 2.75) is 24.5 Å². The first kappa shape index (κ1) is 13.2. The molecule has 1 aliphatic rings. The molecule has 0 aromatic heterocycles. The van der Waals surface area contributed by atoms with Gasteiger partial charge in [0.2, 0.25) is 0 Å². The summed E-state index contributed by atoms with van der Waals surface area (Å²) < 4.78 is 4.82. The highest BCUT2D eigenvalue weighted by molar-refractivity contribution is 7.80. The summed E-state index contributed by atoms with van der Waals surface area (Å²) in [5.41, 5.74) is 2.41. The Morgan fingerprint density at radius 1 is 1.39 bits per heavy atom. The van der Waals surface area contributed by atoms with Crippen LogP contribution in [0.5, 0.6) is 0 Å². The molecule has 2 atom stereocenters. The third-order valence-electron chi connectivity index (χ3n) is 3.37. The maximum atomic E-state index is 11.6. The highest BCUT2D eigenvalue weighted by Gasteiger charge is 2.24. The van der Waals surface area contributed by atoms with E-state index in [1.807, 2.05) is 24.3 Å². The Bertz CT molecular complexity index is 439. The molecule has 0 heterocycles. The van der Waals surface area contributed by atoms with Gasteiger partial charge < -0.3 is 4.74 Å². The van der Waals surface area contributed by atoms with Crippen LogP contribution >= 0.6 is 12.6 Å². The summed E-state index contributed by atoms with van der Waals surface area (Å²) in [5, 5.41) is 0.0821. The summed E-state index contributed by atoms with van der Waals surface area (Å²) in [7, 11) is 1.44. The summed E-state index contributed by atoms with van der Waals surface area (Å²) in [4.78, 5) is 11.6. The van der Waals surface area contributed by atoms with Crippen molar-refractivity contribution in [3.8, 4) is 0 Å². The number of thiol groups is 1. The normalized spacial score (nSPS) is 21.0. The van der Waals surface area contributed by atoms with Crippen LogP contribution in [-0.4, -0.2) is 13.1 Å². The lowest BCUT2D eigenvalue weighted by atomic mass is 9.87. The predicted octanol–water partition coefficient (Wildman–Crippen LogP) is 3.56. The van der Waals surface area contributed by atoms with Crippen LogP contribution < -0.4 is 0 Å². The lowest BCUT2D eigenvalue weighted by molar-refractivity contribution is -0.144. The molecule has 0 spiro atoms. The van der Waals surface area contributed by atoms with Gasteiger partial charge in [-0.05, 0) is 24.8 Å². The van der Waals surface area contributed by atoms with E-state index in [0.29, 0.717) is 0 Å². The van der Waals surface area contributed by atoms with E-state index in [4.69, 9.17) is 4.74 Å². The number of benzene rings is 1. The fraction of sp³-hybridized carbons (Fsp3) is 0.400. The van der Waals surface area contributed by atoms with Gasteiger partial charge in [0, 0.05) is 5.25 Å². The Balaban J connectivity index is 2.17. The molecule has 1 aromatic rings. The lowest BCUT2D eigenvalue weighted by Gasteiger charge is -2.23. The smallest absolute Gasteiger partial charge is 0.312 e. The maximum absolute atomic E-state index is 11.6. The number of carbonyl (C=O) groups excluding carboxylic acids is 1. The Labute approximate surface area is 113 Å². The van der Waals surface area contributed by atoms with Crippen molar-refractivity contribution >= 4 is 18.6 Å². The van der Waals surface area contributed by atoms with Crippen molar-refractivity contribution in [3.63, 3.8) is 0 Å². The van der Waals surface area contributed by atoms with Gasteiger partial charge in [0.15, 0.2) is 0 Å². The van der Waals surface area contributed by atoms with Crippen molar-refractivity contribution in [3.05, 3.63) is 47.5 Å². The van der Waals surface area contributed by atoms with Gasteiger partial charge in [-0.25, -0.2) is 0 Å². The molecular weight excluding hydrogens is 244 g/mol. The molecule has 2 nitrogen and oxygen atoms in total. The molecule has 0 aliphatic heterocycles. The fourth-order valence-corrected chi connectivity index (χ4v) is 2.75. The number of esters is 1. The second kappa shape index (κ2) is 6.10. The van der Waals surface area contributed by atoms with Crippen molar-refractivity contribution in [1.82, 2.24) is 0 Å². The summed E-state index contributed by atoms with van der Waals surface area (Å²) in [5.74, 6) is -0.238. The summed E-state index contributed by atoms with van der Waals surface area (Å²) in [6.07, 6.45) is 4.96. The first-order chi connectivity index (χ1) is 8.72. The molecule has 0 radical (unpaired) electrons. The van der Waals surface area contributed by atoms with Crippen LogP contribution in [0.2, 0.25) is 0 Å². The highest BCUT2D eigenvalue weighted by atomic mass is 32.1. The second-order valence-electron chi connectivity index (χ2n) is 4.58. The maximum Gasteiger partial charge on any atom is 0.312 e. The Kier molecular flexibility index (Phi) is 4.48. The van der Waals surface area contributed by atoms with E-state index in [0.717, 1.165) is 19.3 Å². The standard InChI is InChI=1S/C15H18O2S/c1-17-15(16)13-9-5-8-12(10-13)14(18)11-6-3-2-4-7-11/h2-4,6-7,10,13-14,18H,5,8-9H2,1H3. The topological polar surface area (TPSA) is 26.3 Å². The molecule has 1 aliphatic carbocycles. The van der Waals surface area contributed by atoms with E-state index < -0.39 is 0 Å². The van der Waals surface area contributed by atoms with Crippen molar-refractivity contribution in [1.29, 1.82) is 0 Å². The molecule has 1 aromatic carbocycles. The number of carbonyl (C=O) groups is 1. The predicted molar refractivity (Wildman–Crippen MR) is 75.6 cm³/mol.